The number of Topliss-reactive ketones (excluding diaryl/α,β-unsaturated/α-hetero) is 1. The first kappa shape index (κ1) is 15.6. The van der Waals surface area contributed by atoms with E-state index in [1.165, 1.54) is 0 Å². The monoisotopic (exact) mass is 301 g/mol. The Hall–Kier alpha value is -1.80. The van der Waals surface area contributed by atoms with E-state index < -0.39 is 0 Å². The number of rotatable bonds is 6. The van der Waals surface area contributed by atoms with Crippen LogP contribution < -0.4 is 5.32 Å². The SMILES string of the molecule is CCCC(Nc1ccc(Cl)cc1)C(=O)c1cccc(C)c1. The van der Waals surface area contributed by atoms with Crippen molar-refractivity contribution in [3.8, 4) is 0 Å². The maximum absolute atomic E-state index is 12.7. The summed E-state index contributed by atoms with van der Waals surface area (Å²) >= 11 is 5.89. The van der Waals surface area contributed by atoms with Crippen molar-refractivity contribution < 1.29 is 4.79 Å². The summed E-state index contributed by atoms with van der Waals surface area (Å²) in [5, 5.41) is 4.01. The number of benzene rings is 2. The van der Waals surface area contributed by atoms with Crippen molar-refractivity contribution in [3.05, 3.63) is 64.7 Å². The molecule has 110 valence electrons. The number of aryl methyl sites for hydroxylation is 1. The Morgan fingerprint density at radius 3 is 2.52 bits per heavy atom. The molecule has 2 rings (SSSR count). The van der Waals surface area contributed by atoms with Crippen LogP contribution in [0, 0.1) is 6.92 Å². The van der Waals surface area contributed by atoms with Crippen LogP contribution in [0.15, 0.2) is 48.5 Å². The van der Waals surface area contributed by atoms with Crippen LogP contribution in [0.2, 0.25) is 5.02 Å². The van der Waals surface area contributed by atoms with Crippen molar-refractivity contribution in [2.75, 3.05) is 5.32 Å². The Bertz CT molecular complexity index is 607. The van der Waals surface area contributed by atoms with Gasteiger partial charge in [-0.3, -0.25) is 4.79 Å². The minimum atomic E-state index is -0.210. The van der Waals surface area contributed by atoms with Crippen LogP contribution in [0.25, 0.3) is 0 Å². The zero-order chi connectivity index (χ0) is 15.2. The molecule has 2 aromatic rings. The lowest BCUT2D eigenvalue weighted by molar-refractivity contribution is 0.0965. The summed E-state index contributed by atoms with van der Waals surface area (Å²) in [5.41, 5.74) is 2.77. The van der Waals surface area contributed by atoms with Gasteiger partial charge in [0.15, 0.2) is 5.78 Å². The molecule has 3 heteroatoms. The molecule has 21 heavy (non-hydrogen) atoms. The van der Waals surface area contributed by atoms with E-state index in [0.717, 1.165) is 29.7 Å². The Kier molecular flexibility index (Phi) is 5.40. The van der Waals surface area contributed by atoms with Gasteiger partial charge in [-0.25, -0.2) is 0 Å². The lowest BCUT2D eigenvalue weighted by Gasteiger charge is -2.18. The predicted octanol–water partition coefficient (Wildman–Crippen LogP) is 5.11. The van der Waals surface area contributed by atoms with Crippen molar-refractivity contribution in [3.63, 3.8) is 0 Å². The number of hydrogen-bond acceptors (Lipinski definition) is 2. The molecule has 0 spiro atoms. The lowest BCUT2D eigenvalue weighted by atomic mass is 9.99. The van der Waals surface area contributed by atoms with Crippen LogP contribution in [0.1, 0.15) is 35.7 Å². The van der Waals surface area contributed by atoms with Crippen molar-refractivity contribution >= 4 is 23.1 Å². The molecule has 0 bridgehead atoms. The zero-order valence-electron chi connectivity index (χ0n) is 12.4. The molecule has 0 fully saturated rings. The van der Waals surface area contributed by atoms with Crippen molar-refractivity contribution in [1.29, 1.82) is 0 Å². The molecule has 0 aliphatic rings. The van der Waals surface area contributed by atoms with Crippen LogP contribution in [-0.2, 0) is 0 Å². The van der Waals surface area contributed by atoms with Crippen molar-refractivity contribution in [2.45, 2.75) is 32.7 Å². The Morgan fingerprint density at radius 1 is 1.19 bits per heavy atom. The number of carbonyl (C=O) groups excluding carboxylic acids is 1. The highest BCUT2D eigenvalue weighted by atomic mass is 35.5. The molecule has 2 aromatic carbocycles. The number of carbonyl (C=O) groups is 1. The molecular weight excluding hydrogens is 282 g/mol. The van der Waals surface area contributed by atoms with Crippen molar-refractivity contribution in [2.24, 2.45) is 0 Å². The highest BCUT2D eigenvalue weighted by Gasteiger charge is 2.19. The van der Waals surface area contributed by atoms with Gasteiger partial charge in [0.2, 0.25) is 0 Å². The van der Waals surface area contributed by atoms with Gasteiger partial charge >= 0.3 is 0 Å². The van der Waals surface area contributed by atoms with E-state index in [-0.39, 0.29) is 11.8 Å². The second-order valence-electron chi connectivity index (χ2n) is 5.23. The van der Waals surface area contributed by atoms with Gasteiger partial charge in [-0.15, -0.1) is 0 Å². The lowest BCUT2D eigenvalue weighted by Crippen LogP contribution is -2.29. The molecule has 2 nitrogen and oxygen atoms in total. The second-order valence-corrected chi connectivity index (χ2v) is 5.66. The summed E-state index contributed by atoms with van der Waals surface area (Å²) in [6.07, 6.45) is 1.75. The Balaban J connectivity index is 2.18. The summed E-state index contributed by atoms with van der Waals surface area (Å²) in [4.78, 5) is 12.7. The summed E-state index contributed by atoms with van der Waals surface area (Å²) in [6.45, 7) is 4.08. The fourth-order valence-electron chi connectivity index (χ4n) is 2.30. The van der Waals surface area contributed by atoms with Gasteiger partial charge in [-0.2, -0.15) is 0 Å². The molecule has 1 N–H and O–H groups in total. The summed E-state index contributed by atoms with van der Waals surface area (Å²) in [7, 11) is 0. The topological polar surface area (TPSA) is 29.1 Å². The molecular formula is C18H20ClNO. The minimum absolute atomic E-state index is 0.135. The van der Waals surface area contributed by atoms with Gasteiger partial charge in [0.05, 0.1) is 6.04 Å². The summed E-state index contributed by atoms with van der Waals surface area (Å²) in [6, 6.07) is 15.0. The van der Waals surface area contributed by atoms with Gasteiger partial charge in [-0.1, -0.05) is 48.7 Å². The summed E-state index contributed by atoms with van der Waals surface area (Å²) < 4.78 is 0. The molecule has 0 saturated heterocycles. The third kappa shape index (κ3) is 4.33. The average Bonchev–Trinajstić information content (AvgIpc) is 2.48. The normalized spacial score (nSPS) is 12.0. The predicted molar refractivity (Wildman–Crippen MR) is 89.3 cm³/mol. The van der Waals surface area contributed by atoms with Crippen LogP contribution in [0.4, 0.5) is 5.69 Å². The number of anilines is 1. The van der Waals surface area contributed by atoms with Crippen LogP contribution in [-0.4, -0.2) is 11.8 Å². The number of ketones is 1. The molecule has 0 aliphatic heterocycles. The minimum Gasteiger partial charge on any atom is -0.375 e. The first-order valence-corrected chi connectivity index (χ1v) is 7.61. The summed E-state index contributed by atoms with van der Waals surface area (Å²) in [5.74, 6) is 0.135. The van der Waals surface area contributed by atoms with Crippen LogP contribution in [0.3, 0.4) is 0 Å². The van der Waals surface area contributed by atoms with Gasteiger partial charge in [0.1, 0.15) is 0 Å². The molecule has 0 aromatic heterocycles. The molecule has 0 radical (unpaired) electrons. The van der Waals surface area contributed by atoms with E-state index in [0.29, 0.717) is 5.02 Å². The molecule has 0 saturated carbocycles. The van der Waals surface area contributed by atoms with Crippen molar-refractivity contribution in [1.82, 2.24) is 0 Å². The third-order valence-corrected chi connectivity index (χ3v) is 3.63. The van der Waals surface area contributed by atoms with Gasteiger partial charge < -0.3 is 5.32 Å². The molecule has 0 heterocycles. The second kappa shape index (κ2) is 7.28. The molecule has 0 amide bonds. The number of nitrogens with one attached hydrogen (secondary N) is 1. The average molecular weight is 302 g/mol. The fraction of sp³-hybridized carbons (Fsp3) is 0.278. The van der Waals surface area contributed by atoms with E-state index in [1.54, 1.807) is 0 Å². The molecule has 0 aliphatic carbocycles. The standard InChI is InChI=1S/C18H20ClNO/c1-3-5-17(20-16-10-8-15(19)9-11-16)18(21)14-7-4-6-13(2)12-14/h4,6-12,17,20H,3,5H2,1-2H3. The highest BCUT2D eigenvalue weighted by molar-refractivity contribution is 6.30. The first-order valence-electron chi connectivity index (χ1n) is 7.23. The van der Waals surface area contributed by atoms with E-state index in [4.69, 9.17) is 11.6 Å². The molecule has 1 atom stereocenters. The van der Waals surface area contributed by atoms with E-state index >= 15 is 0 Å². The maximum Gasteiger partial charge on any atom is 0.184 e. The Labute approximate surface area is 131 Å². The largest absolute Gasteiger partial charge is 0.375 e. The Morgan fingerprint density at radius 2 is 1.90 bits per heavy atom. The highest BCUT2D eigenvalue weighted by Crippen LogP contribution is 2.18. The quantitative estimate of drug-likeness (QED) is 0.751. The third-order valence-electron chi connectivity index (χ3n) is 3.38. The van der Waals surface area contributed by atoms with E-state index in [2.05, 4.69) is 12.2 Å². The van der Waals surface area contributed by atoms with E-state index in [9.17, 15) is 4.79 Å². The van der Waals surface area contributed by atoms with Gasteiger partial charge in [0.25, 0.3) is 0 Å². The smallest absolute Gasteiger partial charge is 0.184 e. The molecule has 1 unspecified atom stereocenters. The van der Waals surface area contributed by atoms with E-state index in [1.807, 2.05) is 55.5 Å². The number of hydrogen-bond donors (Lipinski definition) is 1. The fourth-order valence-corrected chi connectivity index (χ4v) is 2.43. The van der Waals surface area contributed by atoms with Gasteiger partial charge in [0, 0.05) is 16.3 Å². The maximum atomic E-state index is 12.7. The zero-order valence-corrected chi connectivity index (χ0v) is 13.2. The van der Waals surface area contributed by atoms with Crippen LogP contribution >= 0.6 is 11.6 Å². The van der Waals surface area contributed by atoms with Gasteiger partial charge in [-0.05, 0) is 43.7 Å². The number of halogens is 1. The first-order chi connectivity index (χ1) is 10.1. The van der Waals surface area contributed by atoms with Crippen LogP contribution in [0.5, 0.6) is 0 Å².